The molecule has 1 atom stereocenters. The van der Waals surface area contributed by atoms with Gasteiger partial charge in [-0.15, -0.1) is 0 Å². The molecule has 0 fully saturated rings. The fourth-order valence-electron chi connectivity index (χ4n) is 3.00. The molecule has 24 heavy (non-hydrogen) atoms. The van der Waals surface area contributed by atoms with Gasteiger partial charge >= 0.3 is 6.03 Å². The summed E-state index contributed by atoms with van der Waals surface area (Å²) in [5, 5.41) is 3.69. The lowest BCUT2D eigenvalue weighted by Crippen LogP contribution is -2.47. The highest BCUT2D eigenvalue weighted by Crippen LogP contribution is 2.33. The van der Waals surface area contributed by atoms with Crippen molar-refractivity contribution in [1.29, 1.82) is 0 Å². The third-order valence-electron chi connectivity index (χ3n) is 4.15. The van der Waals surface area contributed by atoms with E-state index >= 15 is 0 Å². The van der Waals surface area contributed by atoms with Gasteiger partial charge in [-0.3, -0.25) is 0 Å². The first-order valence-electron chi connectivity index (χ1n) is 7.82. The van der Waals surface area contributed by atoms with Crippen LogP contribution in [-0.4, -0.2) is 33.9 Å². The standard InChI is InChI=1S/C17H18BrF2N3O/c18-6-2-7-21-17(24)23-10-9-22-8-1-3-15(22)16(23)12-4-5-13(19)14(20)11-12/h1,3-5,8,11,16H,2,6-7,9-10H2,(H,21,24). The zero-order valence-electron chi connectivity index (χ0n) is 13.0. The summed E-state index contributed by atoms with van der Waals surface area (Å²) in [5.41, 5.74) is 1.45. The van der Waals surface area contributed by atoms with Crippen LogP contribution >= 0.6 is 15.9 Å². The van der Waals surface area contributed by atoms with Crippen molar-refractivity contribution in [2.45, 2.75) is 19.0 Å². The molecule has 128 valence electrons. The number of aromatic nitrogens is 1. The van der Waals surface area contributed by atoms with Crippen molar-refractivity contribution in [1.82, 2.24) is 14.8 Å². The Balaban J connectivity index is 1.93. The van der Waals surface area contributed by atoms with Crippen LogP contribution in [0.15, 0.2) is 36.5 Å². The second-order valence-electron chi connectivity index (χ2n) is 5.67. The highest BCUT2D eigenvalue weighted by Gasteiger charge is 2.32. The molecule has 2 heterocycles. The van der Waals surface area contributed by atoms with Crippen molar-refractivity contribution in [2.24, 2.45) is 0 Å². The maximum absolute atomic E-state index is 13.7. The molecule has 1 aliphatic rings. The molecule has 1 aromatic carbocycles. The van der Waals surface area contributed by atoms with Crippen molar-refractivity contribution in [3.63, 3.8) is 0 Å². The van der Waals surface area contributed by atoms with Gasteiger partial charge in [0.25, 0.3) is 0 Å². The predicted octanol–water partition coefficient (Wildman–Crippen LogP) is 3.67. The number of carbonyl (C=O) groups excluding carboxylic acids is 1. The lowest BCUT2D eigenvalue weighted by Gasteiger charge is -2.37. The summed E-state index contributed by atoms with van der Waals surface area (Å²) >= 11 is 3.33. The molecule has 1 aliphatic heterocycles. The summed E-state index contributed by atoms with van der Waals surface area (Å²) in [7, 11) is 0. The number of amides is 2. The molecule has 0 spiro atoms. The van der Waals surface area contributed by atoms with Crippen molar-refractivity contribution in [2.75, 3.05) is 18.4 Å². The molecule has 0 saturated carbocycles. The Hall–Kier alpha value is -1.89. The van der Waals surface area contributed by atoms with Gasteiger partial charge in [-0.2, -0.15) is 0 Å². The number of hydrogen-bond acceptors (Lipinski definition) is 1. The third kappa shape index (κ3) is 3.31. The van der Waals surface area contributed by atoms with E-state index in [1.165, 1.54) is 12.1 Å². The van der Waals surface area contributed by atoms with E-state index in [4.69, 9.17) is 0 Å². The van der Waals surface area contributed by atoms with E-state index in [1.807, 2.05) is 22.9 Å². The van der Waals surface area contributed by atoms with Crippen LogP contribution < -0.4 is 5.32 Å². The highest BCUT2D eigenvalue weighted by molar-refractivity contribution is 9.09. The Morgan fingerprint density at radius 3 is 2.83 bits per heavy atom. The van der Waals surface area contributed by atoms with E-state index in [0.29, 0.717) is 25.2 Å². The largest absolute Gasteiger partial charge is 0.348 e. The molecular formula is C17H18BrF2N3O. The van der Waals surface area contributed by atoms with E-state index in [-0.39, 0.29) is 6.03 Å². The van der Waals surface area contributed by atoms with Crippen molar-refractivity contribution < 1.29 is 13.6 Å². The van der Waals surface area contributed by atoms with Gasteiger partial charge < -0.3 is 14.8 Å². The van der Waals surface area contributed by atoms with Crippen LogP contribution in [0.3, 0.4) is 0 Å². The van der Waals surface area contributed by atoms with Crippen LogP contribution in [-0.2, 0) is 6.54 Å². The van der Waals surface area contributed by atoms with Gasteiger partial charge in [0.1, 0.15) is 0 Å². The number of rotatable bonds is 4. The number of benzene rings is 1. The number of carbonyl (C=O) groups is 1. The average molecular weight is 398 g/mol. The van der Waals surface area contributed by atoms with Crippen LogP contribution in [0, 0.1) is 11.6 Å². The summed E-state index contributed by atoms with van der Waals surface area (Å²) in [6.45, 7) is 1.74. The minimum atomic E-state index is -0.907. The normalized spacial score (nSPS) is 16.8. The summed E-state index contributed by atoms with van der Waals surface area (Å²) in [5.74, 6) is -1.80. The molecule has 1 unspecified atom stereocenters. The topological polar surface area (TPSA) is 37.3 Å². The molecule has 1 aromatic heterocycles. The molecule has 7 heteroatoms. The van der Waals surface area contributed by atoms with Gasteiger partial charge in [0.05, 0.1) is 6.04 Å². The number of urea groups is 1. The Morgan fingerprint density at radius 2 is 2.08 bits per heavy atom. The van der Waals surface area contributed by atoms with Crippen LogP contribution in [0.2, 0.25) is 0 Å². The molecule has 0 saturated heterocycles. The maximum Gasteiger partial charge on any atom is 0.318 e. The SMILES string of the molecule is O=C(NCCCBr)N1CCn2cccc2C1c1ccc(F)c(F)c1. The molecule has 0 radical (unpaired) electrons. The van der Waals surface area contributed by atoms with Crippen LogP contribution in [0.1, 0.15) is 23.7 Å². The fourth-order valence-corrected chi connectivity index (χ4v) is 3.28. The Morgan fingerprint density at radius 1 is 1.25 bits per heavy atom. The summed E-state index contributed by atoms with van der Waals surface area (Å²) in [4.78, 5) is 14.2. The molecule has 1 N–H and O–H groups in total. The second-order valence-corrected chi connectivity index (χ2v) is 6.46. The average Bonchev–Trinajstić information content (AvgIpc) is 3.05. The zero-order valence-corrected chi connectivity index (χ0v) is 14.6. The highest BCUT2D eigenvalue weighted by atomic mass is 79.9. The first-order valence-corrected chi connectivity index (χ1v) is 8.94. The van der Waals surface area contributed by atoms with Gasteiger partial charge in [-0.05, 0) is 36.2 Å². The molecule has 4 nitrogen and oxygen atoms in total. The summed E-state index contributed by atoms with van der Waals surface area (Å²) < 4.78 is 29.0. The number of fused-ring (bicyclic) bond motifs is 1. The molecule has 0 aliphatic carbocycles. The van der Waals surface area contributed by atoms with Crippen LogP contribution in [0.25, 0.3) is 0 Å². The van der Waals surface area contributed by atoms with Gasteiger partial charge in [0.15, 0.2) is 11.6 Å². The third-order valence-corrected chi connectivity index (χ3v) is 4.71. The first-order chi connectivity index (χ1) is 11.6. The lowest BCUT2D eigenvalue weighted by molar-refractivity contribution is 0.168. The van der Waals surface area contributed by atoms with E-state index < -0.39 is 17.7 Å². The first kappa shape index (κ1) is 17.0. The summed E-state index contributed by atoms with van der Waals surface area (Å²) in [6.07, 6.45) is 2.76. The molecule has 2 amide bonds. The quantitative estimate of drug-likeness (QED) is 0.620. The van der Waals surface area contributed by atoms with Gasteiger partial charge in [0, 0.05) is 36.9 Å². The van der Waals surface area contributed by atoms with E-state index in [0.717, 1.165) is 23.5 Å². The maximum atomic E-state index is 13.7. The second kappa shape index (κ2) is 7.34. The molecule has 0 bridgehead atoms. The Kier molecular flexibility index (Phi) is 5.18. The van der Waals surface area contributed by atoms with Crippen molar-refractivity contribution in [3.05, 3.63) is 59.4 Å². The minimum absolute atomic E-state index is 0.196. The Labute approximate surface area is 147 Å². The lowest BCUT2D eigenvalue weighted by atomic mass is 10.00. The fraction of sp³-hybridized carbons (Fsp3) is 0.353. The number of halogens is 3. The monoisotopic (exact) mass is 397 g/mol. The zero-order chi connectivity index (χ0) is 17.1. The smallest absolute Gasteiger partial charge is 0.318 e. The van der Waals surface area contributed by atoms with E-state index in [2.05, 4.69) is 21.2 Å². The van der Waals surface area contributed by atoms with Gasteiger partial charge in [-0.25, -0.2) is 13.6 Å². The molecular weight excluding hydrogens is 380 g/mol. The number of hydrogen-bond donors (Lipinski definition) is 1. The minimum Gasteiger partial charge on any atom is -0.348 e. The molecule has 3 rings (SSSR count). The number of alkyl halides is 1. The van der Waals surface area contributed by atoms with Gasteiger partial charge in [0.2, 0.25) is 0 Å². The predicted molar refractivity (Wildman–Crippen MR) is 91.1 cm³/mol. The number of nitrogens with zero attached hydrogens (tertiary/aromatic N) is 2. The van der Waals surface area contributed by atoms with Crippen molar-refractivity contribution in [3.8, 4) is 0 Å². The Bertz CT molecular complexity index is 734. The van der Waals surface area contributed by atoms with Crippen molar-refractivity contribution >= 4 is 22.0 Å². The molecule has 2 aromatic rings. The van der Waals surface area contributed by atoms with E-state index in [1.54, 1.807) is 4.90 Å². The number of nitrogens with one attached hydrogen (secondary N) is 1. The van der Waals surface area contributed by atoms with Crippen LogP contribution in [0.4, 0.5) is 13.6 Å². The van der Waals surface area contributed by atoms with Gasteiger partial charge in [-0.1, -0.05) is 22.0 Å². The van der Waals surface area contributed by atoms with Crippen LogP contribution in [0.5, 0.6) is 0 Å². The summed E-state index contributed by atoms with van der Waals surface area (Å²) in [6, 6.07) is 6.98. The van der Waals surface area contributed by atoms with E-state index in [9.17, 15) is 13.6 Å².